The van der Waals surface area contributed by atoms with Crippen LogP contribution in [0.1, 0.15) is 5.56 Å². The fourth-order valence-electron chi connectivity index (χ4n) is 1.25. The molecule has 0 N–H and O–H groups in total. The number of halogens is 1. The largest absolute Gasteiger partial charge is 0.212 e. The molecule has 0 heterocycles. The lowest BCUT2D eigenvalue weighted by atomic mass is 10.2. The lowest BCUT2D eigenvalue weighted by molar-refractivity contribution is 0.443. The van der Waals surface area contributed by atoms with Crippen LogP contribution in [-0.4, -0.2) is 25.5 Å². The predicted molar refractivity (Wildman–Crippen MR) is 66.9 cm³/mol. The monoisotopic (exact) mass is 259 g/mol. The normalized spacial score (nSPS) is 11.7. The fourth-order valence-corrected chi connectivity index (χ4v) is 2.14. The molecule has 0 saturated carbocycles. The first-order chi connectivity index (χ1) is 7.43. The van der Waals surface area contributed by atoms with E-state index in [2.05, 4.69) is 6.58 Å². The second-order valence-electron chi connectivity index (χ2n) is 3.47. The van der Waals surface area contributed by atoms with Crippen LogP contribution >= 0.6 is 11.6 Å². The van der Waals surface area contributed by atoms with E-state index in [1.54, 1.807) is 18.2 Å². The van der Waals surface area contributed by atoms with E-state index in [4.69, 9.17) is 11.6 Å². The highest BCUT2D eigenvalue weighted by molar-refractivity contribution is 7.88. The van der Waals surface area contributed by atoms with Crippen LogP contribution in [-0.2, 0) is 16.6 Å². The van der Waals surface area contributed by atoms with Gasteiger partial charge in [0.1, 0.15) is 0 Å². The molecule has 1 aromatic carbocycles. The van der Waals surface area contributed by atoms with Crippen molar-refractivity contribution in [1.29, 1.82) is 0 Å². The Balaban J connectivity index is 2.84. The molecule has 0 saturated heterocycles. The molecule has 5 heteroatoms. The molecular weight excluding hydrogens is 246 g/mol. The van der Waals surface area contributed by atoms with Gasteiger partial charge in [-0.3, -0.25) is 0 Å². The van der Waals surface area contributed by atoms with Gasteiger partial charge in [-0.05, 0) is 17.7 Å². The average molecular weight is 260 g/mol. The van der Waals surface area contributed by atoms with E-state index in [1.807, 2.05) is 12.1 Å². The van der Waals surface area contributed by atoms with Crippen LogP contribution in [0.4, 0.5) is 0 Å². The topological polar surface area (TPSA) is 37.4 Å². The molecule has 1 aromatic rings. The van der Waals surface area contributed by atoms with E-state index >= 15 is 0 Å². The zero-order valence-electron chi connectivity index (χ0n) is 9.06. The molecule has 0 amide bonds. The first-order valence-electron chi connectivity index (χ1n) is 4.74. The lowest BCUT2D eigenvalue weighted by Gasteiger charge is -2.18. The minimum Gasteiger partial charge on any atom is -0.212 e. The third kappa shape index (κ3) is 3.96. The van der Waals surface area contributed by atoms with Crippen LogP contribution in [0.5, 0.6) is 0 Å². The van der Waals surface area contributed by atoms with Gasteiger partial charge in [0.25, 0.3) is 0 Å². The third-order valence-corrected chi connectivity index (χ3v) is 3.54. The maximum atomic E-state index is 11.4. The van der Waals surface area contributed by atoms with E-state index in [9.17, 15) is 8.42 Å². The Bertz CT molecular complexity index is 453. The van der Waals surface area contributed by atoms with Crippen LogP contribution in [0.15, 0.2) is 36.9 Å². The molecule has 0 fully saturated rings. The van der Waals surface area contributed by atoms with E-state index in [0.29, 0.717) is 18.1 Å². The summed E-state index contributed by atoms with van der Waals surface area (Å²) in [5, 5.41) is 0.637. The maximum absolute atomic E-state index is 11.4. The van der Waals surface area contributed by atoms with E-state index in [0.717, 1.165) is 5.56 Å². The molecule has 16 heavy (non-hydrogen) atoms. The quantitative estimate of drug-likeness (QED) is 0.761. The van der Waals surface area contributed by atoms with Crippen LogP contribution < -0.4 is 0 Å². The molecular formula is C11H14ClNO2S. The van der Waals surface area contributed by atoms with E-state index in [1.165, 1.54) is 10.6 Å². The van der Waals surface area contributed by atoms with Crippen molar-refractivity contribution in [3.8, 4) is 0 Å². The summed E-state index contributed by atoms with van der Waals surface area (Å²) in [5.74, 6) is 0. The van der Waals surface area contributed by atoms with Gasteiger partial charge in [0, 0.05) is 18.1 Å². The van der Waals surface area contributed by atoms with Gasteiger partial charge in [0.05, 0.1) is 6.26 Å². The molecule has 0 aliphatic carbocycles. The SMILES string of the molecule is C=CCN(Cc1ccc(Cl)cc1)S(C)(=O)=O. The van der Waals surface area contributed by atoms with Crippen LogP contribution in [0, 0.1) is 0 Å². The van der Waals surface area contributed by atoms with Gasteiger partial charge in [-0.1, -0.05) is 29.8 Å². The van der Waals surface area contributed by atoms with Crippen molar-refractivity contribution < 1.29 is 8.42 Å². The third-order valence-electron chi connectivity index (χ3n) is 2.07. The van der Waals surface area contributed by atoms with Gasteiger partial charge in [-0.25, -0.2) is 8.42 Å². The van der Waals surface area contributed by atoms with Crippen molar-refractivity contribution in [2.24, 2.45) is 0 Å². The summed E-state index contributed by atoms with van der Waals surface area (Å²) >= 11 is 5.75. The van der Waals surface area contributed by atoms with Crippen molar-refractivity contribution in [3.05, 3.63) is 47.5 Å². The lowest BCUT2D eigenvalue weighted by Crippen LogP contribution is -2.29. The highest BCUT2D eigenvalue weighted by atomic mass is 35.5. The Hall–Kier alpha value is -0.840. The molecule has 0 aliphatic rings. The van der Waals surface area contributed by atoms with Gasteiger partial charge in [0.15, 0.2) is 0 Å². The summed E-state index contributed by atoms with van der Waals surface area (Å²) in [4.78, 5) is 0. The molecule has 0 radical (unpaired) electrons. The zero-order chi connectivity index (χ0) is 12.2. The first kappa shape index (κ1) is 13.2. The number of sulfonamides is 1. The smallest absolute Gasteiger partial charge is 0.211 e. The molecule has 0 aromatic heterocycles. The van der Waals surface area contributed by atoms with Crippen LogP contribution in [0.2, 0.25) is 5.02 Å². The van der Waals surface area contributed by atoms with E-state index in [-0.39, 0.29) is 0 Å². The Morgan fingerprint density at radius 2 is 1.94 bits per heavy atom. The van der Waals surface area contributed by atoms with Crippen molar-refractivity contribution in [3.63, 3.8) is 0 Å². The minimum atomic E-state index is -3.21. The number of rotatable bonds is 5. The summed E-state index contributed by atoms with van der Waals surface area (Å²) in [6.07, 6.45) is 2.75. The van der Waals surface area contributed by atoms with Crippen molar-refractivity contribution in [1.82, 2.24) is 4.31 Å². The molecule has 3 nitrogen and oxygen atoms in total. The number of hydrogen-bond donors (Lipinski definition) is 0. The summed E-state index contributed by atoms with van der Waals surface area (Å²) in [5.41, 5.74) is 0.900. The van der Waals surface area contributed by atoms with Gasteiger partial charge in [-0.15, -0.1) is 6.58 Å². The average Bonchev–Trinajstić information content (AvgIpc) is 2.19. The molecule has 1 rings (SSSR count). The van der Waals surface area contributed by atoms with Gasteiger partial charge in [-0.2, -0.15) is 4.31 Å². The number of hydrogen-bond acceptors (Lipinski definition) is 2. The maximum Gasteiger partial charge on any atom is 0.211 e. The fraction of sp³-hybridized carbons (Fsp3) is 0.273. The second kappa shape index (κ2) is 5.48. The number of benzene rings is 1. The number of nitrogens with zero attached hydrogens (tertiary/aromatic N) is 1. The Morgan fingerprint density at radius 3 is 2.38 bits per heavy atom. The van der Waals surface area contributed by atoms with Crippen LogP contribution in [0.3, 0.4) is 0 Å². The highest BCUT2D eigenvalue weighted by Gasteiger charge is 2.14. The molecule has 88 valence electrons. The van der Waals surface area contributed by atoms with Gasteiger partial charge >= 0.3 is 0 Å². The minimum absolute atomic E-state index is 0.307. The Labute approximate surface area is 101 Å². The Kier molecular flexibility index (Phi) is 4.53. The second-order valence-corrected chi connectivity index (χ2v) is 5.89. The highest BCUT2D eigenvalue weighted by Crippen LogP contribution is 2.12. The Morgan fingerprint density at radius 1 is 1.38 bits per heavy atom. The zero-order valence-corrected chi connectivity index (χ0v) is 10.6. The molecule has 0 aliphatic heterocycles. The molecule has 0 spiro atoms. The van der Waals surface area contributed by atoms with E-state index < -0.39 is 10.0 Å². The summed E-state index contributed by atoms with van der Waals surface area (Å²) in [7, 11) is -3.21. The van der Waals surface area contributed by atoms with Crippen molar-refractivity contribution >= 4 is 21.6 Å². The van der Waals surface area contributed by atoms with Crippen molar-refractivity contribution in [2.45, 2.75) is 6.54 Å². The molecule has 0 bridgehead atoms. The van der Waals surface area contributed by atoms with Crippen LogP contribution in [0.25, 0.3) is 0 Å². The van der Waals surface area contributed by atoms with Gasteiger partial charge in [0.2, 0.25) is 10.0 Å². The predicted octanol–water partition coefficient (Wildman–Crippen LogP) is 2.29. The summed E-state index contributed by atoms with van der Waals surface area (Å²) in [6, 6.07) is 7.10. The standard InChI is InChI=1S/C11H14ClNO2S/c1-3-8-13(16(2,14)15)9-10-4-6-11(12)7-5-10/h3-7H,1,8-9H2,2H3. The first-order valence-corrected chi connectivity index (χ1v) is 6.96. The van der Waals surface area contributed by atoms with Crippen molar-refractivity contribution in [2.75, 3.05) is 12.8 Å². The van der Waals surface area contributed by atoms with Gasteiger partial charge < -0.3 is 0 Å². The summed E-state index contributed by atoms with van der Waals surface area (Å²) < 4.78 is 24.2. The molecule has 0 atom stereocenters. The molecule has 0 unspecified atom stereocenters. The summed E-state index contributed by atoms with van der Waals surface area (Å²) in [6.45, 7) is 4.18.